The largest absolute Gasteiger partial charge is 0.383 e. The summed E-state index contributed by atoms with van der Waals surface area (Å²) in [4.78, 5) is 5.16. The first-order chi connectivity index (χ1) is 10.2. The molecule has 1 aromatic rings. The van der Waals surface area contributed by atoms with Crippen LogP contribution in [0.1, 0.15) is 24.3 Å². The van der Waals surface area contributed by atoms with Crippen LogP contribution in [0.25, 0.3) is 0 Å². The highest BCUT2D eigenvalue weighted by atomic mass is 79.9. The molecule has 3 nitrogen and oxygen atoms in total. The number of hydrogen-bond acceptors (Lipinski definition) is 3. The number of ether oxygens (including phenoxy) is 1. The summed E-state index contributed by atoms with van der Waals surface area (Å²) in [5, 5.41) is 0. The van der Waals surface area contributed by atoms with Crippen LogP contribution in [0.3, 0.4) is 0 Å². The van der Waals surface area contributed by atoms with Crippen molar-refractivity contribution in [1.29, 1.82) is 0 Å². The van der Waals surface area contributed by atoms with E-state index in [9.17, 15) is 0 Å². The molecule has 2 saturated heterocycles. The maximum Gasteiger partial charge on any atom is 0.0624 e. The van der Waals surface area contributed by atoms with Gasteiger partial charge >= 0.3 is 0 Å². The van der Waals surface area contributed by atoms with Crippen LogP contribution in [-0.2, 0) is 4.74 Å². The highest BCUT2D eigenvalue weighted by molar-refractivity contribution is 9.10. The van der Waals surface area contributed by atoms with Crippen LogP contribution in [-0.4, -0.2) is 62.3 Å². The molecule has 0 saturated carbocycles. The Hall–Kier alpha value is -0.420. The number of likely N-dealkylation sites (N-methyl/N-ethyl adjacent to an activating group) is 1. The van der Waals surface area contributed by atoms with Crippen molar-refractivity contribution in [2.45, 2.75) is 30.8 Å². The second-order valence-corrected chi connectivity index (χ2v) is 7.29. The summed E-state index contributed by atoms with van der Waals surface area (Å²) >= 11 is 3.54. The molecule has 2 aliphatic heterocycles. The van der Waals surface area contributed by atoms with Gasteiger partial charge in [0, 0.05) is 36.1 Å². The van der Waals surface area contributed by atoms with Crippen LogP contribution >= 0.6 is 15.9 Å². The van der Waals surface area contributed by atoms with Gasteiger partial charge in [0.2, 0.25) is 0 Å². The maximum atomic E-state index is 5.50. The second kappa shape index (κ2) is 6.78. The molecule has 0 bridgehead atoms. The van der Waals surface area contributed by atoms with Crippen molar-refractivity contribution in [2.24, 2.45) is 0 Å². The molecule has 4 heteroatoms. The summed E-state index contributed by atoms with van der Waals surface area (Å²) in [6.07, 6.45) is 2.61. The lowest BCUT2D eigenvalue weighted by atomic mass is 9.74. The van der Waals surface area contributed by atoms with Gasteiger partial charge in [-0.25, -0.2) is 0 Å². The van der Waals surface area contributed by atoms with Gasteiger partial charge in [0.15, 0.2) is 0 Å². The molecule has 0 aliphatic carbocycles. The molecule has 0 N–H and O–H groups in total. The Labute approximate surface area is 136 Å². The Bertz CT molecular complexity index is 464. The van der Waals surface area contributed by atoms with Gasteiger partial charge < -0.3 is 9.64 Å². The molecule has 116 valence electrons. The Balaban J connectivity index is 1.83. The van der Waals surface area contributed by atoms with Gasteiger partial charge in [0.25, 0.3) is 0 Å². The fourth-order valence-corrected chi connectivity index (χ4v) is 4.21. The van der Waals surface area contributed by atoms with Crippen molar-refractivity contribution in [1.82, 2.24) is 9.80 Å². The third-order valence-corrected chi connectivity index (χ3v) is 5.51. The second-order valence-electron chi connectivity index (χ2n) is 6.37. The van der Waals surface area contributed by atoms with Crippen LogP contribution in [0, 0.1) is 0 Å². The van der Waals surface area contributed by atoms with Crippen molar-refractivity contribution < 1.29 is 4.74 Å². The lowest BCUT2D eigenvalue weighted by molar-refractivity contribution is -0.0689. The van der Waals surface area contributed by atoms with E-state index < -0.39 is 0 Å². The van der Waals surface area contributed by atoms with Gasteiger partial charge in [-0.3, -0.25) is 4.90 Å². The number of halogens is 1. The predicted octanol–water partition coefficient (Wildman–Crippen LogP) is 2.96. The molecule has 0 amide bonds. The Kier molecular flexibility index (Phi) is 4.99. The molecule has 1 aromatic carbocycles. The van der Waals surface area contributed by atoms with Crippen LogP contribution < -0.4 is 0 Å². The maximum absolute atomic E-state index is 5.50. The number of hydrogen-bond donors (Lipinski definition) is 0. The van der Waals surface area contributed by atoms with E-state index in [1.54, 1.807) is 0 Å². The zero-order valence-electron chi connectivity index (χ0n) is 13.0. The molecule has 21 heavy (non-hydrogen) atoms. The molecule has 3 unspecified atom stereocenters. The van der Waals surface area contributed by atoms with Crippen LogP contribution in [0.4, 0.5) is 0 Å². The Morgan fingerprint density at radius 2 is 1.90 bits per heavy atom. The van der Waals surface area contributed by atoms with Crippen molar-refractivity contribution in [3.05, 3.63) is 34.3 Å². The number of nitrogens with zero attached hydrogens (tertiary/aromatic N) is 2. The van der Waals surface area contributed by atoms with E-state index in [1.807, 2.05) is 7.11 Å². The van der Waals surface area contributed by atoms with E-state index >= 15 is 0 Å². The Morgan fingerprint density at radius 3 is 2.62 bits per heavy atom. The lowest BCUT2D eigenvalue weighted by Crippen LogP contribution is -2.67. The lowest BCUT2D eigenvalue weighted by Gasteiger charge is -2.57. The number of fused-ring (bicyclic) bond motifs is 1. The van der Waals surface area contributed by atoms with Gasteiger partial charge in [-0.15, -0.1) is 0 Å². The summed E-state index contributed by atoms with van der Waals surface area (Å²) in [5.74, 6) is 0.596. The van der Waals surface area contributed by atoms with Gasteiger partial charge in [-0.2, -0.15) is 0 Å². The molecule has 2 fully saturated rings. The molecule has 3 rings (SSSR count). The minimum Gasteiger partial charge on any atom is -0.383 e. The summed E-state index contributed by atoms with van der Waals surface area (Å²) in [6.45, 7) is 4.45. The number of rotatable bonds is 3. The van der Waals surface area contributed by atoms with Crippen molar-refractivity contribution in [2.75, 3.05) is 40.4 Å². The van der Waals surface area contributed by atoms with Gasteiger partial charge in [-0.1, -0.05) is 28.1 Å². The normalized spacial score (nSPS) is 31.1. The fraction of sp³-hybridized carbons (Fsp3) is 0.647. The predicted molar refractivity (Wildman–Crippen MR) is 89.8 cm³/mol. The van der Waals surface area contributed by atoms with Gasteiger partial charge in [0.05, 0.1) is 6.61 Å². The van der Waals surface area contributed by atoms with Crippen LogP contribution in [0.15, 0.2) is 28.7 Å². The minimum absolute atomic E-state index is 0.535. The Morgan fingerprint density at radius 1 is 1.19 bits per heavy atom. The highest BCUT2D eigenvalue weighted by Crippen LogP contribution is 2.42. The first-order valence-electron chi connectivity index (χ1n) is 7.89. The quantitative estimate of drug-likeness (QED) is 0.831. The molecule has 0 spiro atoms. The van der Waals surface area contributed by atoms with Crippen molar-refractivity contribution in [3.63, 3.8) is 0 Å². The summed E-state index contributed by atoms with van der Waals surface area (Å²) in [5.41, 5.74) is 1.45. The SMILES string of the molecule is COCC1C(c2ccc(Br)cc2)C2CN(C)CCCCN12. The topological polar surface area (TPSA) is 15.7 Å². The molecule has 0 aromatic heterocycles. The van der Waals surface area contributed by atoms with Crippen molar-refractivity contribution >= 4 is 15.9 Å². The summed E-state index contributed by atoms with van der Waals surface area (Å²) < 4.78 is 6.66. The average Bonchev–Trinajstić information content (AvgIpc) is 2.46. The minimum atomic E-state index is 0.535. The van der Waals surface area contributed by atoms with E-state index in [4.69, 9.17) is 4.74 Å². The van der Waals surface area contributed by atoms with Gasteiger partial charge in [-0.05, 0) is 50.7 Å². The van der Waals surface area contributed by atoms with Gasteiger partial charge in [0.1, 0.15) is 0 Å². The third kappa shape index (κ3) is 3.19. The van der Waals surface area contributed by atoms with E-state index in [0.29, 0.717) is 18.0 Å². The molecule has 2 aliphatic rings. The molecule has 3 atom stereocenters. The molecular formula is C17H25BrN2O. The summed E-state index contributed by atoms with van der Waals surface area (Å²) in [6, 6.07) is 10.0. The van der Waals surface area contributed by atoms with Crippen molar-refractivity contribution in [3.8, 4) is 0 Å². The first kappa shape index (κ1) is 15.5. The monoisotopic (exact) mass is 352 g/mol. The molecule has 0 radical (unpaired) electrons. The first-order valence-corrected chi connectivity index (χ1v) is 8.68. The van der Waals surface area contributed by atoms with E-state index in [2.05, 4.69) is 57.0 Å². The smallest absolute Gasteiger partial charge is 0.0624 e. The highest BCUT2D eigenvalue weighted by Gasteiger charge is 2.48. The third-order valence-electron chi connectivity index (χ3n) is 4.98. The van der Waals surface area contributed by atoms with E-state index in [1.165, 1.54) is 38.0 Å². The van der Waals surface area contributed by atoms with Crippen LogP contribution in [0.5, 0.6) is 0 Å². The fourth-order valence-electron chi connectivity index (χ4n) is 3.95. The summed E-state index contributed by atoms with van der Waals surface area (Å²) in [7, 11) is 4.08. The zero-order chi connectivity index (χ0) is 14.8. The molecule has 2 heterocycles. The number of methoxy groups -OCH3 is 1. The zero-order valence-corrected chi connectivity index (χ0v) is 14.6. The number of benzene rings is 1. The van der Waals surface area contributed by atoms with E-state index in [-0.39, 0.29) is 0 Å². The molecular weight excluding hydrogens is 328 g/mol. The van der Waals surface area contributed by atoms with Crippen LogP contribution in [0.2, 0.25) is 0 Å². The standard InChI is InChI=1S/C17H25BrN2O/c1-19-9-3-4-10-20-15(11-19)17(16(20)12-21-2)13-5-7-14(18)8-6-13/h5-8,15-17H,3-4,9-12H2,1-2H3. The average molecular weight is 353 g/mol. The van der Waals surface area contributed by atoms with E-state index in [0.717, 1.165) is 11.1 Å².